The maximum atomic E-state index is 12.3. The zero-order valence-electron chi connectivity index (χ0n) is 22.7. The summed E-state index contributed by atoms with van der Waals surface area (Å²) in [6.45, 7) is -1.76. The summed E-state index contributed by atoms with van der Waals surface area (Å²) in [7, 11) is 0. The molecule has 13 N–H and O–H groups in total. The molecular formula is C23H39NO19. The molecule has 3 heterocycles. The van der Waals surface area contributed by atoms with E-state index in [9.17, 15) is 70.9 Å². The maximum absolute atomic E-state index is 12.3. The van der Waals surface area contributed by atoms with Gasteiger partial charge in [-0.2, -0.15) is 0 Å². The zero-order valence-corrected chi connectivity index (χ0v) is 22.7. The van der Waals surface area contributed by atoms with Crippen molar-refractivity contribution in [2.45, 2.75) is 111 Å². The Kier molecular flexibility index (Phi) is 12.1. The van der Waals surface area contributed by atoms with E-state index in [1.165, 1.54) is 0 Å². The Balaban J connectivity index is 1.82. The highest BCUT2D eigenvalue weighted by Crippen LogP contribution is 2.35. The fraction of sp³-hybridized carbons (Fsp3) is 0.913. The van der Waals surface area contributed by atoms with Crippen molar-refractivity contribution in [1.29, 1.82) is 0 Å². The molecule has 0 aliphatic carbocycles. The average Bonchev–Trinajstić information content (AvgIpc) is 2.96. The van der Waals surface area contributed by atoms with Gasteiger partial charge in [0, 0.05) is 13.3 Å². The molecule has 16 atom stereocenters. The fourth-order valence-electron chi connectivity index (χ4n) is 5.05. The quantitative estimate of drug-likeness (QED) is 0.100. The zero-order chi connectivity index (χ0) is 32.4. The fourth-order valence-corrected chi connectivity index (χ4v) is 5.05. The summed E-state index contributed by atoms with van der Waals surface area (Å²) in [4.78, 5) is 24.0. The summed E-state index contributed by atoms with van der Waals surface area (Å²) in [5.74, 6) is -5.42. The lowest BCUT2D eigenvalue weighted by molar-refractivity contribution is -0.364. The van der Waals surface area contributed by atoms with E-state index in [0.29, 0.717) is 0 Å². The molecule has 0 spiro atoms. The summed E-state index contributed by atoms with van der Waals surface area (Å²) in [6.07, 6.45) is -27.0. The van der Waals surface area contributed by atoms with Crippen LogP contribution in [0.3, 0.4) is 0 Å². The van der Waals surface area contributed by atoms with E-state index in [1.54, 1.807) is 0 Å². The summed E-state index contributed by atoms with van der Waals surface area (Å²) < 4.78 is 26.7. The van der Waals surface area contributed by atoms with Gasteiger partial charge in [0.25, 0.3) is 5.79 Å². The van der Waals surface area contributed by atoms with Crippen LogP contribution in [0.5, 0.6) is 0 Å². The van der Waals surface area contributed by atoms with Gasteiger partial charge in [-0.05, 0) is 0 Å². The van der Waals surface area contributed by atoms with Crippen molar-refractivity contribution in [2.24, 2.45) is 0 Å². The second-order valence-corrected chi connectivity index (χ2v) is 10.5. The third-order valence-corrected chi connectivity index (χ3v) is 7.47. The monoisotopic (exact) mass is 633 g/mol. The van der Waals surface area contributed by atoms with Gasteiger partial charge in [0.2, 0.25) is 5.91 Å². The molecule has 3 rings (SSSR count). The normalized spacial score (nSPS) is 45.3. The Morgan fingerprint density at radius 1 is 0.930 bits per heavy atom. The predicted molar refractivity (Wildman–Crippen MR) is 130 cm³/mol. The number of aliphatic carboxylic acids is 1. The topological polar surface area (TPSA) is 335 Å². The molecule has 0 bridgehead atoms. The van der Waals surface area contributed by atoms with Gasteiger partial charge in [0.1, 0.15) is 67.1 Å². The van der Waals surface area contributed by atoms with Crippen molar-refractivity contribution < 1.29 is 94.6 Å². The van der Waals surface area contributed by atoms with Crippen molar-refractivity contribution in [3.63, 3.8) is 0 Å². The van der Waals surface area contributed by atoms with E-state index in [0.717, 1.165) is 6.92 Å². The molecule has 3 fully saturated rings. The van der Waals surface area contributed by atoms with Gasteiger partial charge >= 0.3 is 5.97 Å². The number of nitrogens with one attached hydrogen (secondary N) is 1. The standard InChI is InChI=1S/C23H39NO19/c1-6(27)24-11-7(28)2-23(22(37)38,43-19(11)12(30)8(29)3-25)39-5-10-13(31)14(32)17(35)21(41-10)42-18-9(4-26)40-20(36)16(34)15(18)33/h7-21,25-26,28-36H,2-5H2,1H3,(H,24,27)(H,37,38)/t7-,8-,9?,10?,11-,12-,13+,14+,15?,16+,17?,18-,19?,20-,21+,23-/m1/s1. The number of rotatable bonds is 11. The molecule has 5 unspecified atom stereocenters. The van der Waals surface area contributed by atoms with Crippen LogP contribution in [0, 0.1) is 0 Å². The second-order valence-electron chi connectivity index (χ2n) is 10.5. The van der Waals surface area contributed by atoms with E-state index < -0.39 is 136 Å². The number of aliphatic hydroxyl groups is 11. The molecule has 20 heteroatoms. The highest BCUT2D eigenvalue weighted by molar-refractivity contribution is 5.76. The Morgan fingerprint density at radius 2 is 1.58 bits per heavy atom. The third kappa shape index (κ3) is 7.58. The minimum absolute atomic E-state index is 0.719. The molecule has 0 aromatic carbocycles. The van der Waals surface area contributed by atoms with Crippen molar-refractivity contribution >= 4 is 11.9 Å². The summed E-state index contributed by atoms with van der Waals surface area (Å²) >= 11 is 0. The molecular weight excluding hydrogens is 594 g/mol. The number of hydrogen-bond donors (Lipinski definition) is 13. The van der Waals surface area contributed by atoms with Crippen LogP contribution in [0.4, 0.5) is 0 Å². The number of ether oxygens (including phenoxy) is 5. The third-order valence-electron chi connectivity index (χ3n) is 7.47. The molecule has 0 saturated carbocycles. The number of amides is 1. The Hall–Kier alpha value is -1.70. The first-order chi connectivity index (χ1) is 20.1. The van der Waals surface area contributed by atoms with Gasteiger partial charge in [-0.1, -0.05) is 0 Å². The minimum atomic E-state index is -2.83. The summed E-state index contributed by atoms with van der Waals surface area (Å²) in [5.41, 5.74) is 0. The molecule has 0 aromatic rings. The molecule has 43 heavy (non-hydrogen) atoms. The number of aliphatic hydroxyl groups excluding tert-OH is 11. The van der Waals surface area contributed by atoms with E-state index in [2.05, 4.69) is 5.32 Å². The van der Waals surface area contributed by atoms with E-state index >= 15 is 0 Å². The van der Waals surface area contributed by atoms with Gasteiger partial charge in [-0.25, -0.2) is 4.79 Å². The second kappa shape index (κ2) is 14.6. The first-order valence-corrected chi connectivity index (χ1v) is 13.2. The first kappa shape index (κ1) is 35.8. The minimum Gasteiger partial charge on any atom is -0.477 e. The van der Waals surface area contributed by atoms with Crippen molar-refractivity contribution in [3.8, 4) is 0 Å². The number of carboxylic acids is 1. The van der Waals surface area contributed by atoms with E-state index in [1.807, 2.05) is 0 Å². The Labute approximate surface area is 243 Å². The predicted octanol–water partition coefficient (Wildman–Crippen LogP) is -8.22. The first-order valence-electron chi connectivity index (χ1n) is 13.2. The van der Waals surface area contributed by atoms with Gasteiger partial charge in [0.05, 0.1) is 32.0 Å². The Bertz CT molecular complexity index is 942. The van der Waals surface area contributed by atoms with Gasteiger partial charge < -0.3 is 90.3 Å². The molecule has 3 aliphatic rings. The number of carboxylic acid groups (broad SMARTS) is 1. The lowest BCUT2D eigenvalue weighted by Gasteiger charge is -2.48. The molecule has 3 saturated heterocycles. The highest BCUT2D eigenvalue weighted by Gasteiger charge is 2.57. The SMILES string of the molecule is CC(=O)N[C@H]1C([C@H](O)[C@H](O)CO)O[C@@](OCC2O[C@@H](O[C@@H]3C(CO)O[C@@H](O)[C@@H](O)C3O)C(O)[C@@H](O)[C@H]2O)(C(=O)O)C[C@H]1O. The lowest BCUT2D eigenvalue weighted by atomic mass is 9.88. The molecule has 250 valence electrons. The van der Waals surface area contributed by atoms with Gasteiger partial charge in [-0.3, -0.25) is 4.79 Å². The molecule has 20 nitrogen and oxygen atoms in total. The molecule has 3 aliphatic heterocycles. The molecule has 0 aromatic heterocycles. The number of hydrogen-bond acceptors (Lipinski definition) is 18. The van der Waals surface area contributed by atoms with Crippen LogP contribution in [-0.4, -0.2) is 191 Å². The van der Waals surface area contributed by atoms with E-state index in [4.69, 9.17) is 23.7 Å². The van der Waals surface area contributed by atoms with Crippen molar-refractivity contribution in [1.82, 2.24) is 5.32 Å². The molecule has 1 amide bonds. The lowest BCUT2D eigenvalue weighted by Crippen LogP contribution is -2.68. The van der Waals surface area contributed by atoms with Crippen LogP contribution in [0.2, 0.25) is 0 Å². The van der Waals surface area contributed by atoms with Crippen molar-refractivity contribution in [3.05, 3.63) is 0 Å². The number of carbonyl (C=O) groups excluding carboxylic acids is 1. The van der Waals surface area contributed by atoms with Crippen LogP contribution in [0.1, 0.15) is 13.3 Å². The molecule has 0 radical (unpaired) electrons. The van der Waals surface area contributed by atoms with Gasteiger partial charge in [0.15, 0.2) is 12.6 Å². The average molecular weight is 634 g/mol. The smallest absolute Gasteiger partial charge is 0.364 e. The highest BCUT2D eigenvalue weighted by atomic mass is 16.8. The van der Waals surface area contributed by atoms with Crippen LogP contribution in [-0.2, 0) is 33.3 Å². The van der Waals surface area contributed by atoms with Crippen LogP contribution in [0.25, 0.3) is 0 Å². The Morgan fingerprint density at radius 3 is 2.14 bits per heavy atom. The number of carbonyl (C=O) groups is 2. The summed E-state index contributed by atoms with van der Waals surface area (Å²) in [5, 5.41) is 123. The van der Waals surface area contributed by atoms with Crippen molar-refractivity contribution in [2.75, 3.05) is 19.8 Å². The maximum Gasteiger partial charge on any atom is 0.364 e. The van der Waals surface area contributed by atoms with Crippen LogP contribution < -0.4 is 5.32 Å². The van der Waals surface area contributed by atoms with Gasteiger partial charge in [-0.15, -0.1) is 0 Å². The van der Waals surface area contributed by atoms with Crippen LogP contribution >= 0.6 is 0 Å². The van der Waals surface area contributed by atoms with E-state index in [-0.39, 0.29) is 0 Å². The van der Waals surface area contributed by atoms with Crippen LogP contribution in [0.15, 0.2) is 0 Å². The summed E-state index contributed by atoms with van der Waals surface area (Å²) in [6, 6.07) is -1.48. The largest absolute Gasteiger partial charge is 0.477 e.